The second kappa shape index (κ2) is 5.56. The van der Waals surface area contributed by atoms with Gasteiger partial charge in [-0.1, -0.05) is 18.2 Å². The lowest BCUT2D eigenvalue weighted by molar-refractivity contribution is -0.313. The number of allylic oxidation sites excluding steroid dienone is 2. The van der Waals surface area contributed by atoms with Gasteiger partial charge in [0.15, 0.2) is 0 Å². The molecule has 19 heavy (non-hydrogen) atoms. The topological polar surface area (TPSA) is 89.5 Å². The molecule has 0 spiro atoms. The van der Waals surface area contributed by atoms with Crippen LogP contribution in [0, 0.1) is 11.8 Å². The summed E-state index contributed by atoms with van der Waals surface area (Å²) in [5.41, 5.74) is 0.441. The molecule has 0 bridgehead atoms. The third kappa shape index (κ3) is 3.13. The Morgan fingerprint density at radius 3 is 2.53 bits per heavy atom. The summed E-state index contributed by atoms with van der Waals surface area (Å²) in [5, 5.41) is 22.9. The van der Waals surface area contributed by atoms with Crippen LogP contribution in [0.1, 0.15) is 12.8 Å². The second-order valence-corrected chi connectivity index (χ2v) is 4.51. The Balaban J connectivity index is 2.10. The maximum absolute atomic E-state index is 12.1. The largest absolute Gasteiger partial charge is 0.550 e. The number of amides is 1. The van der Waals surface area contributed by atoms with Crippen molar-refractivity contribution in [3.8, 4) is 5.75 Å². The van der Waals surface area contributed by atoms with Crippen molar-refractivity contribution in [2.24, 2.45) is 11.8 Å². The van der Waals surface area contributed by atoms with Gasteiger partial charge in [-0.05, 0) is 25.0 Å². The predicted molar refractivity (Wildman–Crippen MR) is 67.1 cm³/mol. The smallest absolute Gasteiger partial charge is 0.228 e. The zero-order chi connectivity index (χ0) is 13.8. The Hall–Kier alpha value is -2.30. The fourth-order valence-corrected chi connectivity index (χ4v) is 2.18. The molecule has 1 aliphatic carbocycles. The van der Waals surface area contributed by atoms with Crippen molar-refractivity contribution in [1.82, 2.24) is 0 Å². The number of carbonyl (C=O) groups is 2. The van der Waals surface area contributed by atoms with Crippen molar-refractivity contribution in [3.05, 3.63) is 36.4 Å². The van der Waals surface area contributed by atoms with Gasteiger partial charge in [0.25, 0.3) is 0 Å². The molecule has 0 aliphatic heterocycles. The molecule has 2 atom stereocenters. The molecule has 1 amide bonds. The molecule has 0 aromatic heterocycles. The summed E-state index contributed by atoms with van der Waals surface area (Å²) in [4.78, 5) is 23.1. The highest BCUT2D eigenvalue weighted by Crippen LogP contribution is 2.27. The van der Waals surface area contributed by atoms with E-state index in [-0.39, 0.29) is 11.7 Å². The lowest BCUT2D eigenvalue weighted by Crippen LogP contribution is -2.41. The molecule has 100 valence electrons. The van der Waals surface area contributed by atoms with E-state index in [9.17, 15) is 19.8 Å². The van der Waals surface area contributed by atoms with Crippen LogP contribution in [0.2, 0.25) is 0 Å². The molecule has 0 radical (unpaired) electrons. The lowest BCUT2D eigenvalue weighted by atomic mass is 9.82. The van der Waals surface area contributed by atoms with Gasteiger partial charge in [0, 0.05) is 23.6 Å². The first kappa shape index (κ1) is 13.1. The number of carboxylic acid groups (broad SMARTS) is 1. The van der Waals surface area contributed by atoms with Crippen LogP contribution in [-0.4, -0.2) is 17.0 Å². The normalized spacial score (nSPS) is 21.9. The second-order valence-electron chi connectivity index (χ2n) is 4.51. The van der Waals surface area contributed by atoms with Crippen LogP contribution in [0.15, 0.2) is 36.4 Å². The summed E-state index contributed by atoms with van der Waals surface area (Å²) >= 11 is 0. The predicted octanol–water partition coefficient (Wildman–Crippen LogP) is 0.663. The van der Waals surface area contributed by atoms with Gasteiger partial charge in [0.1, 0.15) is 5.75 Å². The number of phenolic OH excluding ortho intramolecular Hbond substituents is 1. The van der Waals surface area contributed by atoms with E-state index in [0.717, 1.165) is 0 Å². The molecule has 2 rings (SSSR count). The van der Waals surface area contributed by atoms with Crippen LogP contribution in [0.25, 0.3) is 0 Å². The van der Waals surface area contributed by atoms with Crippen molar-refractivity contribution < 1.29 is 19.8 Å². The lowest BCUT2D eigenvalue weighted by Gasteiger charge is -2.28. The number of hydrogen-bond donors (Lipinski definition) is 2. The van der Waals surface area contributed by atoms with Crippen LogP contribution < -0.4 is 10.4 Å². The number of anilines is 1. The minimum absolute atomic E-state index is 0.0396. The first-order valence-corrected chi connectivity index (χ1v) is 6.03. The standard InChI is InChI=1S/C14H15NO4/c16-10-5-3-4-9(8-10)15-13(17)11-6-1-2-7-12(11)14(18)19/h1-5,8,11-12,16H,6-7H2,(H,15,17)(H,18,19)/p-1/t11-,12-/m1/s1. The van der Waals surface area contributed by atoms with Crippen molar-refractivity contribution in [1.29, 1.82) is 0 Å². The molecule has 5 nitrogen and oxygen atoms in total. The molecule has 1 aromatic rings. The van der Waals surface area contributed by atoms with E-state index in [2.05, 4.69) is 5.32 Å². The van der Waals surface area contributed by atoms with Gasteiger partial charge in [-0.25, -0.2) is 0 Å². The van der Waals surface area contributed by atoms with Gasteiger partial charge in [-0.3, -0.25) is 4.79 Å². The number of hydrogen-bond acceptors (Lipinski definition) is 4. The van der Waals surface area contributed by atoms with Crippen LogP contribution in [0.5, 0.6) is 5.75 Å². The minimum Gasteiger partial charge on any atom is -0.550 e. The van der Waals surface area contributed by atoms with Gasteiger partial charge in [0.2, 0.25) is 5.91 Å². The molecule has 1 aromatic carbocycles. The van der Waals surface area contributed by atoms with Crippen LogP contribution in [-0.2, 0) is 9.59 Å². The molecule has 0 unspecified atom stereocenters. The first-order chi connectivity index (χ1) is 9.08. The maximum atomic E-state index is 12.1. The number of rotatable bonds is 3. The summed E-state index contributed by atoms with van der Waals surface area (Å²) in [6.45, 7) is 0. The molecule has 0 saturated heterocycles. The zero-order valence-corrected chi connectivity index (χ0v) is 10.2. The van der Waals surface area contributed by atoms with Gasteiger partial charge < -0.3 is 20.3 Å². The number of benzene rings is 1. The van der Waals surface area contributed by atoms with E-state index in [4.69, 9.17) is 0 Å². The number of aliphatic carboxylic acids is 1. The molecular weight excluding hydrogens is 246 g/mol. The molecule has 5 heteroatoms. The fraction of sp³-hybridized carbons (Fsp3) is 0.286. The summed E-state index contributed by atoms with van der Waals surface area (Å²) in [6, 6.07) is 6.12. The van der Waals surface area contributed by atoms with Crippen molar-refractivity contribution >= 4 is 17.6 Å². The molecule has 1 aliphatic rings. The third-order valence-corrected chi connectivity index (χ3v) is 3.19. The SMILES string of the molecule is O=C([O-])[C@@H]1CC=CC[C@H]1C(=O)Nc1cccc(O)c1. The maximum Gasteiger partial charge on any atom is 0.228 e. The van der Waals surface area contributed by atoms with Crippen molar-refractivity contribution in [2.75, 3.05) is 5.32 Å². The molecule has 0 heterocycles. The van der Waals surface area contributed by atoms with E-state index in [1.165, 1.54) is 12.1 Å². The highest BCUT2D eigenvalue weighted by atomic mass is 16.4. The third-order valence-electron chi connectivity index (χ3n) is 3.19. The number of nitrogens with one attached hydrogen (secondary N) is 1. The number of carboxylic acids is 1. The average molecular weight is 260 g/mol. The molecule has 2 N–H and O–H groups in total. The first-order valence-electron chi connectivity index (χ1n) is 6.03. The number of phenols is 1. The summed E-state index contributed by atoms with van der Waals surface area (Å²) in [6.07, 6.45) is 4.23. The summed E-state index contributed by atoms with van der Waals surface area (Å²) in [7, 11) is 0. The Kier molecular flexibility index (Phi) is 3.85. The Bertz CT molecular complexity index is 524. The van der Waals surface area contributed by atoms with E-state index < -0.39 is 17.8 Å². The Labute approximate surface area is 110 Å². The van der Waals surface area contributed by atoms with E-state index in [1.807, 2.05) is 0 Å². The van der Waals surface area contributed by atoms with Crippen LogP contribution in [0.4, 0.5) is 5.69 Å². The van der Waals surface area contributed by atoms with E-state index >= 15 is 0 Å². The van der Waals surface area contributed by atoms with Crippen LogP contribution >= 0.6 is 0 Å². The monoisotopic (exact) mass is 260 g/mol. The highest BCUT2D eigenvalue weighted by Gasteiger charge is 2.29. The molecule has 0 saturated carbocycles. The fourth-order valence-electron chi connectivity index (χ4n) is 2.18. The minimum atomic E-state index is -1.21. The Morgan fingerprint density at radius 1 is 1.21 bits per heavy atom. The molecule has 0 fully saturated rings. The number of aromatic hydroxyl groups is 1. The van der Waals surface area contributed by atoms with E-state index in [1.54, 1.807) is 24.3 Å². The van der Waals surface area contributed by atoms with Gasteiger partial charge in [-0.15, -0.1) is 0 Å². The Morgan fingerprint density at radius 2 is 1.89 bits per heavy atom. The van der Waals surface area contributed by atoms with Crippen molar-refractivity contribution in [2.45, 2.75) is 12.8 Å². The zero-order valence-electron chi connectivity index (χ0n) is 10.2. The van der Waals surface area contributed by atoms with E-state index in [0.29, 0.717) is 18.5 Å². The quantitative estimate of drug-likeness (QED) is 0.781. The average Bonchev–Trinajstić information content (AvgIpc) is 2.38. The molecular formula is C14H14NO4-. The van der Waals surface area contributed by atoms with Crippen molar-refractivity contribution in [3.63, 3.8) is 0 Å². The number of carbonyl (C=O) groups excluding carboxylic acids is 2. The summed E-state index contributed by atoms with van der Waals surface area (Å²) in [5.74, 6) is -2.98. The van der Waals surface area contributed by atoms with Crippen LogP contribution in [0.3, 0.4) is 0 Å². The summed E-state index contributed by atoms with van der Waals surface area (Å²) < 4.78 is 0. The van der Waals surface area contributed by atoms with Gasteiger partial charge in [-0.2, -0.15) is 0 Å². The highest BCUT2D eigenvalue weighted by molar-refractivity contribution is 5.95. The van der Waals surface area contributed by atoms with Gasteiger partial charge in [0.05, 0.1) is 5.92 Å². The van der Waals surface area contributed by atoms with Gasteiger partial charge >= 0.3 is 0 Å².